The minimum absolute atomic E-state index is 0.889. The fraction of sp³-hybridized carbons (Fsp3) is 0.692. The minimum atomic E-state index is 0.889. The summed E-state index contributed by atoms with van der Waals surface area (Å²) in [6, 6.07) is 0. The van der Waals surface area contributed by atoms with E-state index in [4.69, 9.17) is 12.2 Å². The molecule has 0 amide bonds. The Bertz CT molecular complexity index is 434. The average Bonchev–Trinajstić information content (AvgIpc) is 2.72. The molecule has 0 atom stereocenters. The lowest BCUT2D eigenvalue weighted by molar-refractivity contribution is 0.174. The maximum absolute atomic E-state index is 5.35. The molecule has 1 aliphatic heterocycles. The molecule has 2 rings (SSSR count). The van der Waals surface area contributed by atoms with Gasteiger partial charge in [-0.25, -0.2) is 0 Å². The molecule has 1 aromatic rings. The lowest BCUT2D eigenvalue weighted by Gasteiger charge is -2.36. The molecule has 2 heterocycles. The van der Waals surface area contributed by atoms with Crippen LogP contribution in [0.25, 0.3) is 0 Å². The van der Waals surface area contributed by atoms with E-state index in [1.807, 2.05) is 17.9 Å². The topological polar surface area (TPSA) is 36.3 Å². The van der Waals surface area contributed by atoms with Gasteiger partial charge in [0.05, 0.1) is 6.20 Å². The van der Waals surface area contributed by atoms with Crippen LogP contribution in [0.3, 0.4) is 0 Å². The van der Waals surface area contributed by atoms with Crippen LogP contribution < -0.4 is 5.32 Å². The SMILES string of the molecule is CCNC(=S)N1CCN(Cc2cnn(C)c2C)CC1. The second-order valence-electron chi connectivity index (χ2n) is 4.98. The third-order valence-electron chi connectivity index (χ3n) is 3.72. The van der Waals surface area contributed by atoms with E-state index in [-0.39, 0.29) is 0 Å². The Morgan fingerprint density at radius 1 is 1.37 bits per heavy atom. The average molecular weight is 281 g/mol. The van der Waals surface area contributed by atoms with Gasteiger partial charge in [-0.2, -0.15) is 5.10 Å². The maximum atomic E-state index is 5.35. The van der Waals surface area contributed by atoms with E-state index < -0.39 is 0 Å². The first-order valence-corrected chi connectivity index (χ1v) is 7.25. The van der Waals surface area contributed by atoms with E-state index in [0.29, 0.717) is 0 Å². The largest absolute Gasteiger partial charge is 0.363 e. The van der Waals surface area contributed by atoms with Crippen molar-refractivity contribution in [3.8, 4) is 0 Å². The third-order valence-corrected chi connectivity index (χ3v) is 4.12. The lowest BCUT2D eigenvalue weighted by Crippen LogP contribution is -2.51. The van der Waals surface area contributed by atoms with Gasteiger partial charge in [0.1, 0.15) is 0 Å². The van der Waals surface area contributed by atoms with Gasteiger partial charge in [-0.3, -0.25) is 9.58 Å². The third kappa shape index (κ3) is 3.45. The molecule has 0 spiro atoms. The number of piperazine rings is 1. The van der Waals surface area contributed by atoms with Gasteiger partial charge in [-0.1, -0.05) is 0 Å². The Labute approximate surface area is 120 Å². The van der Waals surface area contributed by atoms with Crippen LogP contribution in [0.2, 0.25) is 0 Å². The van der Waals surface area contributed by atoms with Crippen LogP contribution in [0.5, 0.6) is 0 Å². The molecule has 0 saturated carbocycles. The van der Waals surface area contributed by atoms with Crippen molar-refractivity contribution in [2.45, 2.75) is 20.4 Å². The summed E-state index contributed by atoms with van der Waals surface area (Å²) in [7, 11) is 1.99. The van der Waals surface area contributed by atoms with Gasteiger partial charge < -0.3 is 10.2 Å². The van der Waals surface area contributed by atoms with Crippen LogP contribution in [0, 0.1) is 6.92 Å². The summed E-state index contributed by atoms with van der Waals surface area (Å²) >= 11 is 5.35. The Morgan fingerprint density at radius 2 is 2.05 bits per heavy atom. The van der Waals surface area contributed by atoms with Gasteiger partial charge in [-0.05, 0) is 26.1 Å². The van der Waals surface area contributed by atoms with Crippen molar-refractivity contribution < 1.29 is 0 Å². The summed E-state index contributed by atoms with van der Waals surface area (Å²) in [4.78, 5) is 4.72. The summed E-state index contributed by atoms with van der Waals surface area (Å²) in [6.07, 6.45) is 1.98. The highest BCUT2D eigenvalue weighted by Crippen LogP contribution is 2.11. The van der Waals surface area contributed by atoms with Crippen molar-refractivity contribution in [2.75, 3.05) is 32.7 Å². The molecule has 19 heavy (non-hydrogen) atoms. The molecule has 0 radical (unpaired) electrons. The molecule has 1 aliphatic rings. The van der Waals surface area contributed by atoms with Crippen molar-refractivity contribution in [2.24, 2.45) is 7.05 Å². The number of hydrogen-bond acceptors (Lipinski definition) is 3. The predicted octanol–water partition coefficient (Wildman–Crippen LogP) is 0.741. The van der Waals surface area contributed by atoms with Crippen molar-refractivity contribution in [3.05, 3.63) is 17.5 Å². The zero-order chi connectivity index (χ0) is 13.8. The first-order chi connectivity index (χ1) is 9.11. The molecule has 0 unspecified atom stereocenters. The van der Waals surface area contributed by atoms with E-state index in [1.165, 1.54) is 11.3 Å². The number of thiocarbonyl (C=S) groups is 1. The standard InChI is InChI=1S/C13H23N5S/c1-4-14-13(19)18-7-5-17(6-8-18)10-12-9-15-16(3)11(12)2/h9H,4-8,10H2,1-3H3,(H,14,19). The number of hydrogen-bond donors (Lipinski definition) is 1. The number of nitrogens with zero attached hydrogens (tertiary/aromatic N) is 4. The second kappa shape index (κ2) is 6.34. The number of aromatic nitrogens is 2. The van der Waals surface area contributed by atoms with Crippen molar-refractivity contribution in [1.29, 1.82) is 0 Å². The molecule has 0 aromatic carbocycles. The number of aryl methyl sites for hydroxylation is 1. The highest BCUT2D eigenvalue weighted by Gasteiger charge is 2.19. The van der Waals surface area contributed by atoms with Gasteiger partial charge in [0.25, 0.3) is 0 Å². The zero-order valence-electron chi connectivity index (χ0n) is 12.0. The number of nitrogens with one attached hydrogen (secondary N) is 1. The van der Waals surface area contributed by atoms with E-state index in [1.54, 1.807) is 0 Å². The molecule has 0 aliphatic carbocycles. The highest BCUT2D eigenvalue weighted by molar-refractivity contribution is 7.80. The summed E-state index contributed by atoms with van der Waals surface area (Å²) in [5.74, 6) is 0. The first kappa shape index (κ1) is 14.3. The van der Waals surface area contributed by atoms with E-state index in [0.717, 1.165) is 44.4 Å². The smallest absolute Gasteiger partial charge is 0.169 e. The van der Waals surface area contributed by atoms with Crippen LogP contribution in [0.15, 0.2) is 6.20 Å². The van der Waals surface area contributed by atoms with Gasteiger partial charge >= 0.3 is 0 Å². The van der Waals surface area contributed by atoms with Gasteiger partial charge in [0.2, 0.25) is 0 Å². The van der Waals surface area contributed by atoms with Crippen LogP contribution in [-0.2, 0) is 13.6 Å². The van der Waals surface area contributed by atoms with Crippen molar-refractivity contribution in [1.82, 2.24) is 24.9 Å². The maximum Gasteiger partial charge on any atom is 0.169 e. The zero-order valence-corrected chi connectivity index (χ0v) is 12.8. The molecular weight excluding hydrogens is 258 g/mol. The molecular formula is C13H23N5S. The molecule has 6 heteroatoms. The van der Waals surface area contributed by atoms with Crippen LogP contribution in [0.4, 0.5) is 0 Å². The first-order valence-electron chi connectivity index (χ1n) is 6.84. The van der Waals surface area contributed by atoms with E-state index in [2.05, 4.69) is 34.1 Å². The van der Waals surface area contributed by atoms with Crippen molar-refractivity contribution in [3.63, 3.8) is 0 Å². The summed E-state index contributed by atoms with van der Waals surface area (Å²) in [5, 5.41) is 8.40. The van der Waals surface area contributed by atoms with Crippen LogP contribution >= 0.6 is 12.2 Å². The van der Waals surface area contributed by atoms with Crippen LogP contribution in [-0.4, -0.2) is 57.4 Å². The Kier molecular flexibility index (Phi) is 4.76. The van der Waals surface area contributed by atoms with Crippen LogP contribution in [0.1, 0.15) is 18.2 Å². The fourth-order valence-corrected chi connectivity index (χ4v) is 2.64. The molecule has 1 fully saturated rings. The van der Waals surface area contributed by atoms with Crippen molar-refractivity contribution >= 4 is 17.3 Å². The molecule has 1 saturated heterocycles. The Hall–Kier alpha value is -1.14. The highest BCUT2D eigenvalue weighted by atomic mass is 32.1. The Morgan fingerprint density at radius 3 is 2.58 bits per heavy atom. The summed E-state index contributed by atoms with van der Waals surface area (Å²) in [6.45, 7) is 10.2. The van der Waals surface area contributed by atoms with Gasteiger partial charge in [0.15, 0.2) is 5.11 Å². The molecule has 5 nitrogen and oxygen atoms in total. The summed E-state index contributed by atoms with van der Waals surface area (Å²) < 4.78 is 1.94. The second-order valence-corrected chi connectivity index (χ2v) is 5.36. The minimum Gasteiger partial charge on any atom is -0.363 e. The molecule has 106 valence electrons. The van der Waals surface area contributed by atoms with E-state index in [9.17, 15) is 0 Å². The van der Waals surface area contributed by atoms with Gasteiger partial charge in [0, 0.05) is 57.6 Å². The predicted molar refractivity (Wildman–Crippen MR) is 81.1 cm³/mol. The fourth-order valence-electron chi connectivity index (χ4n) is 2.31. The lowest BCUT2D eigenvalue weighted by atomic mass is 10.2. The Balaban J connectivity index is 1.83. The normalized spacial score (nSPS) is 16.7. The van der Waals surface area contributed by atoms with Gasteiger partial charge in [-0.15, -0.1) is 0 Å². The monoisotopic (exact) mass is 281 g/mol. The quantitative estimate of drug-likeness (QED) is 0.827. The number of rotatable bonds is 3. The van der Waals surface area contributed by atoms with E-state index >= 15 is 0 Å². The molecule has 1 aromatic heterocycles. The summed E-state index contributed by atoms with van der Waals surface area (Å²) in [5.41, 5.74) is 2.58. The molecule has 1 N–H and O–H groups in total. The molecule has 0 bridgehead atoms.